The Bertz CT molecular complexity index is 375. The predicted octanol–water partition coefficient (Wildman–Crippen LogP) is 5.36. The van der Waals surface area contributed by atoms with Crippen molar-refractivity contribution in [2.45, 2.75) is 66.8 Å². The lowest BCUT2D eigenvalue weighted by Gasteiger charge is -2.31. The molecule has 1 heteroatoms. The SMILES string of the molecule is CCCCc1ccc(C(C)NCC(C)(C)C(C)C)cc1. The van der Waals surface area contributed by atoms with Crippen LogP contribution in [0.4, 0.5) is 0 Å². The third kappa shape index (κ3) is 5.28. The summed E-state index contributed by atoms with van der Waals surface area (Å²) >= 11 is 0. The van der Waals surface area contributed by atoms with E-state index in [2.05, 4.69) is 71.1 Å². The summed E-state index contributed by atoms with van der Waals surface area (Å²) in [6.45, 7) is 14.8. The first kappa shape index (κ1) is 17.2. The molecule has 0 heterocycles. The second kappa shape index (κ2) is 7.83. The zero-order valence-corrected chi connectivity index (χ0v) is 14.3. The molecule has 1 N–H and O–H groups in total. The maximum Gasteiger partial charge on any atom is 0.0292 e. The van der Waals surface area contributed by atoms with Crippen molar-refractivity contribution in [2.24, 2.45) is 11.3 Å². The van der Waals surface area contributed by atoms with E-state index < -0.39 is 0 Å². The Labute approximate surface area is 126 Å². The highest BCUT2D eigenvalue weighted by atomic mass is 14.9. The normalized spacial score (nSPS) is 13.8. The quantitative estimate of drug-likeness (QED) is 0.673. The first-order valence-electron chi connectivity index (χ1n) is 8.19. The van der Waals surface area contributed by atoms with Crippen LogP contribution in [0.3, 0.4) is 0 Å². The highest BCUT2D eigenvalue weighted by molar-refractivity contribution is 5.24. The molecule has 1 aromatic rings. The molecule has 0 amide bonds. The summed E-state index contributed by atoms with van der Waals surface area (Å²) in [5.74, 6) is 0.693. The van der Waals surface area contributed by atoms with Gasteiger partial charge in [-0.3, -0.25) is 0 Å². The molecule has 0 spiro atoms. The minimum atomic E-state index is 0.343. The Morgan fingerprint density at radius 2 is 1.65 bits per heavy atom. The zero-order chi connectivity index (χ0) is 15.2. The average Bonchev–Trinajstić information content (AvgIpc) is 2.43. The minimum absolute atomic E-state index is 0.343. The van der Waals surface area contributed by atoms with Crippen LogP contribution in [0.5, 0.6) is 0 Å². The van der Waals surface area contributed by atoms with E-state index in [-0.39, 0.29) is 0 Å². The van der Waals surface area contributed by atoms with Gasteiger partial charge in [0.15, 0.2) is 0 Å². The summed E-state index contributed by atoms with van der Waals surface area (Å²) in [5, 5.41) is 3.68. The molecule has 0 radical (unpaired) electrons. The Morgan fingerprint density at radius 3 is 2.15 bits per heavy atom. The molecular weight excluding hydrogens is 242 g/mol. The van der Waals surface area contributed by atoms with Crippen molar-refractivity contribution in [1.82, 2.24) is 5.32 Å². The van der Waals surface area contributed by atoms with E-state index in [0.29, 0.717) is 17.4 Å². The van der Waals surface area contributed by atoms with Crippen LogP contribution in [0.1, 0.15) is 71.6 Å². The predicted molar refractivity (Wildman–Crippen MR) is 90.1 cm³/mol. The smallest absolute Gasteiger partial charge is 0.0292 e. The van der Waals surface area contributed by atoms with E-state index in [1.165, 1.54) is 30.4 Å². The maximum absolute atomic E-state index is 3.68. The van der Waals surface area contributed by atoms with Crippen LogP contribution < -0.4 is 5.32 Å². The molecule has 1 unspecified atom stereocenters. The number of benzene rings is 1. The molecule has 20 heavy (non-hydrogen) atoms. The molecule has 114 valence electrons. The van der Waals surface area contributed by atoms with Crippen LogP contribution in [0.25, 0.3) is 0 Å². The maximum atomic E-state index is 3.68. The van der Waals surface area contributed by atoms with Gasteiger partial charge in [-0.2, -0.15) is 0 Å². The van der Waals surface area contributed by atoms with E-state index >= 15 is 0 Å². The largest absolute Gasteiger partial charge is 0.310 e. The summed E-state index contributed by atoms with van der Waals surface area (Å²) in [5.41, 5.74) is 3.20. The summed E-state index contributed by atoms with van der Waals surface area (Å²) in [6.07, 6.45) is 3.76. The monoisotopic (exact) mass is 275 g/mol. The van der Waals surface area contributed by atoms with E-state index in [1.807, 2.05) is 0 Å². The van der Waals surface area contributed by atoms with E-state index in [9.17, 15) is 0 Å². The van der Waals surface area contributed by atoms with Gasteiger partial charge in [0.1, 0.15) is 0 Å². The van der Waals surface area contributed by atoms with Crippen molar-refractivity contribution in [2.75, 3.05) is 6.54 Å². The van der Waals surface area contributed by atoms with Gasteiger partial charge in [0.05, 0.1) is 0 Å². The number of unbranched alkanes of at least 4 members (excludes halogenated alkanes) is 1. The van der Waals surface area contributed by atoms with Gasteiger partial charge in [-0.25, -0.2) is 0 Å². The average molecular weight is 275 g/mol. The van der Waals surface area contributed by atoms with Crippen LogP contribution in [0.15, 0.2) is 24.3 Å². The summed E-state index contributed by atoms with van der Waals surface area (Å²) < 4.78 is 0. The van der Waals surface area contributed by atoms with Crippen molar-refractivity contribution in [3.8, 4) is 0 Å². The lowest BCUT2D eigenvalue weighted by Crippen LogP contribution is -2.34. The van der Waals surface area contributed by atoms with Crippen LogP contribution in [0, 0.1) is 11.3 Å². The van der Waals surface area contributed by atoms with Crippen molar-refractivity contribution >= 4 is 0 Å². The van der Waals surface area contributed by atoms with E-state index in [4.69, 9.17) is 0 Å². The second-order valence-electron chi connectivity index (χ2n) is 7.09. The van der Waals surface area contributed by atoms with Crippen molar-refractivity contribution < 1.29 is 0 Å². The van der Waals surface area contributed by atoms with E-state index in [1.54, 1.807) is 0 Å². The highest BCUT2D eigenvalue weighted by Crippen LogP contribution is 2.26. The Morgan fingerprint density at radius 1 is 1.05 bits per heavy atom. The first-order valence-corrected chi connectivity index (χ1v) is 8.19. The summed E-state index contributed by atoms with van der Waals surface area (Å²) in [7, 11) is 0. The molecule has 0 bridgehead atoms. The Kier molecular flexibility index (Phi) is 6.75. The number of nitrogens with one attached hydrogen (secondary N) is 1. The van der Waals surface area contributed by atoms with Crippen molar-refractivity contribution in [3.63, 3.8) is 0 Å². The number of rotatable bonds is 8. The molecule has 1 aromatic carbocycles. The molecule has 0 aliphatic rings. The molecule has 1 rings (SSSR count). The molecule has 1 atom stereocenters. The summed E-state index contributed by atoms with van der Waals surface area (Å²) in [4.78, 5) is 0. The van der Waals surface area contributed by atoms with Crippen LogP contribution in [0.2, 0.25) is 0 Å². The van der Waals surface area contributed by atoms with Crippen LogP contribution in [-0.2, 0) is 6.42 Å². The van der Waals surface area contributed by atoms with Gasteiger partial charge in [0, 0.05) is 12.6 Å². The van der Waals surface area contributed by atoms with Crippen LogP contribution in [-0.4, -0.2) is 6.54 Å². The Hall–Kier alpha value is -0.820. The summed E-state index contributed by atoms with van der Waals surface area (Å²) in [6, 6.07) is 9.57. The lowest BCUT2D eigenvalue weighted by molar-refractivity contribution is 0.230. The molecular formula is C19H33N. The molecule has 0 aromatic heterocycles. The van der Waals surface area contributed by atoms with Gasteiger partial charge >= 0.3 is 0 Å². The number of aryl methyl sites for hydroxylation is 1. The Balaban J connectivity index is 2.53. The molecule has 0 saturated heterocycles. The van der Waals surface area contributed by atoms with Gasteiger partial charge in [-0.15, -0.1) is 0 Å². The molecule has 0 aliphatic carbocycles. The fraction of sp³-hybridized carbons (Fsp3) is 0.684. The van der Waals surface area contributed by atoms with E-state index in [0.717, 1.165) is 6.54 Å². The second-order valence-corrected chi connectivity index (χ2v) is 7.09. The molecule has 0 aliphatic heterocycles. The minimum Gasteiger partial charge on any atom is -0.310 e. The molecule has 0 fully saturated rings. The first-order chi connectivity index (χ1) is 9.36. The topological polar surface area (TPSA) is 12.0 Å². The molecule has 0 saturated carbocycles. The van der Waals surface area contributed by atoms with Gasteiger partial charge in [-0.1, -0.05) is 65.3 Å². The van der Waals surface area contributed by atoms with Gasteiger partial charge < -0.3 is 5.32 Å². The third-order valence-corrected chi connectivity index (χ3v) is 4.73. The standard InChI is InChI=1S/C19H33N/c1-7-8-9-17-10-12-18(13-11-17)16(4)20-14-19(5,6)15(2)3/h10-13,15-16,20H,7-9,14H2,1-6H3. The zero-order valence-electron chi connectivity index (χ0n) is 14.3. The van der Waals surface area contributed by atoms with Crippen molar-refractivity contribution in [3.05, 3.63) is 35.4 Å². The van der Waals surface area contributed by atoms with Gasteiger partial charge in [0.25, 0.3) is 0 Å². The van der Waals surface area contributed by atoms with Gasteiger partial charge in [0.2, 0.25) is 0 Å². The lowest BCUT2D eigenvalue weighted by atomic mass is 9.81. The molecule has 1 nitrogen and oxygen atoms in total. The van der Waals surface area contributed by atoms with Gasteiger partial charge in [-0.05, 0) is 42.2 Å². The third-order valence-electron chi connectivity index (χ3n) is 4.73. The number of hydrogen-bond acceptors (Lipinski definition) is 1. The van der Waals surface area contributed by atoms with Crippen LogP contribution >= 0.6 is 0 Å². The fourth-order valence-corrected chi connectivity index (χ4v) is 2.09. The highest BCUT2D eigenvalue weighted by Gasteiger charge is 2.22. The number of hydrogen-bond donors (Lipinski definition) is 1. The van der Waals surface area contributed by atoms with Crippen molar-refractivity contribution in [1.29, 1.82) is 0 Å². The fourth-order valence-electron chi connectivity index (χ4n) is 2.09.